The van der Waals surface area contributed by atoms with Gasteiger partial charge in [-0.1, -0.05) is 29.8 Å². The number of ether oxygens (including phenoxy) is 1. The average Bonchev–Trinajstić information content (AvgIpc) is 2.52. The fourth-order valence-electron chi connectivity index (χ4n) is 1.77. The number of amides is 1. The minimum absolute atomic E-state index is 0.0432. The highest BCUT2D eigenvalue weighted by Crippen LogP contribution is 2.06. The maximum Gasteiger partial charge on any atom is 0.307 e. The second-order valence-electron chi connectivity index (χ2n) is 5.79. The van der Waals surface area contributed by atoms with Gasteiger partial charge in [0.25, 0.3) is 5.91 Å². The molecule has 7 nitrogen and oxygen atoms in total. The molecule has 1 aromatic rings. The molecule has 0 fully saturated rings. The van der Waals surface area contributed by atoms with E-state index >= 15 is 0 Å². The molecule has 1 aromatic carbocycles. The number of sulfonamides is 1. The van der Waals surface area contributed by atoms with Crippen molar-refractivity contribution >= 4 is 28.0 Å². The molecule has 0 aliphatic rings. The van der Waals surface area contributed by atoms with Gasteiger partial charge >= 0.3 is 5.97 Å². The summed E-state index contributed by atoms with van der Waals surface area (Å²) >= 11 is 0. The van der Waals surface area contributed by atoms with E-state index in [0.717, 1.165) is 16.5 Å². The van der Waals surface area contributed by atoms with E-state index in [1.807, 2.05) is 19.1 Å². The summed E-state index contributed by atoms with van der Waals surface area (Å²) in [7, 11) is -3.65. The summed E-state index contributed by atoms with van der Waals surface area (Å²) in [5.41, 5.74) is 1.84. The zero-order valence-corrected chi connectivity index (χ0v) is 15.4. The molecule has 0 saturated heterocycles. The third kappa shape index (κ3) is 9.63. The Labute approximate surface area is 148 Å². The summed E-state index contributed by atoms with van der Waals surface area (Å²) < 4.78 is 30.7. The number of carbonyl (C=O) groups excluding carboxylic acids is 2. The lowest BCUT2D eigenvalue weighted by Crippen LogP contribution is -2.34. The van der Waals surface area contributed by atoms with E-state index < -0.39 is 21.9 Å². The maximum atomic E-state index is 11.8. The molecule has 0 unspecified atom stereocenters. The lowest BCUT2D eigenvalue weighted by atomic mass is 10.2. The largest absolute Gasteiger partial charge is 0.456 e. The zero-order chi connectivity index (χ0) is 18.9. The Bertz CT molecular complexity index is 709. The van der Waals surface area contributed by atoms with Gasteiger partial charge in [0, 0.05) is 18.0 Å². The summed E-state index contributed by atoms with van der Waals surface area (Å²) in [4.78, 5) is 22.8. The Hall–Kier alpha value is -2.19. The summed E-state index contributed by atoms with van der Waals surface area (Å²) in [5.74, 6) is -1.05. The van der Waals surface area contributed by atoms with Crippen LogP contribution >= 0.6 is 0 Å². The van der Waals surface area contributed by atoms with Gasteiger partial charge < -0.3 is 10.1 Å². The molecule has 0 radical (unpaired) electrons. The first kappa shape index (κ1) is 20.9. The molecule has 0 aliphatic carbocycles. The van der Waals surface area contributed by atoms with Crippen LogP contribution in [0.3, 0.4) is 0 Å². The minimum atomic E-state index is -3.65. The molecule has 0 saturated carbocycles. The molecule has 138 valence electrons. The van der Waals surface area contributed by atoms with Crippen LogP contribution in [-0.2, 0) is 24.3 Å². The smallest absolute Gasteiger partial charge is 0.307 e. The topological polar surface area (TPSA) is 102 Å². The SMILES string of the molecule is Cc1ccc(/C=C/S(=O)(=O)NCCC(=O)OCC(=O)NC(C)C)cc1. The molecule has 8 heteroatoms. The number of hydrogen-bond acceptors (Lipinski definition) is 5. The first-order valence-electron chi connectivity index (χ1n) is 7.87. The van der Waals surface area contributed by atoms with Crippen molar-refractivity contribution in [3.8, 4) is 0 Å². The van der Waals surface area contributed by atoms with E-state index in [2.05, 4.69) is 10.0 Å². The van der Waals surface area contributed by atoms with Gasteiger partial charge in [-0.3, -0.25) is 9.59 Å². The van der Waals surface area contributed by atoms with Crippen LogP contribution in [0.25, 0.3) is 6.08 Å². The standard InChI is InChI=1S/C17H24N2O5S/c1-13(2)19-16(20)12-24-17(21)8-10-18-25(22,23)11-9-15-6-4-14(3)5-7-15/h4-7,9,11,13,18H,8,10,12H2,1-3H3,(H,19,20)/b11-9+. The van der Waals surface area contributed by atoms with E-state index in [0.29, 0.717) is 0 Å². The Balaban J connectivity index is 2.35. The number of aryl methyl sites for hydroxylation is 1. The van der Waals surface area contributed by atoms with E-state index in [1.54, 1.807) is 26.0 Å². The van der Waals surface area contributed by atoms with Crippen LogP contribution in [0.2, 0.25) is 0 Å². The molecule has 0 spiro atoms. The van der Waals surface area contributed by atoms with Crippen LogP contribution < -0.4 is 10.0 Å². The second-order valence-corrected chi connectivity index (χ2v) is 7.44. The van der Waals surface area contributed by atoms with Crippen LogP contribution in [0.4, 0.5) is 0 Å². The monoisotopic (exact) mass is 368 g/mol. The van der Waals surface area contributed by atoms with Crippen LogP contribution in [0.1, 0.15) is 31.4 Å². The Morgan fingerprint density at radius 1 is 1.20 bits per heavy atom. The molecule has 0 aromatic heterocycles. The third-order valence-electron chi connectivity index (χ3n) is 2.96. The van der Waals surface area contributed by atoms with E-state index in [-0.39, 0.29) is 25.6 Å². The van der Waals surface area contributed by atoms with E-state index in [1.165, 1.54) is 6.08 Å². The highest BCUT2D eigenvalue weighted by Gasteiger charge is 2.10. The van der Waals surface area contributed by atoms with Crippen LogP contribution in [-0.4, -0.2) is 39.5 Å². The van der Waals surface area contributed by atoms with Gasteiger partial charge in [0.2, 0.25) is 10.0 Å². The van der Waals surface area contributed by atoms with Gasteiger partial charge in [0.05, 0.1) is 6.42 Å². The van der Waals surface area contributed by atoms with Crippen molar-refractivity contribution < 1.29 is 22.7 Å². The van der Waals surface area contributed by atoms with Crippen molar-refractivity contribution in [3.63, 3.8) is 0 Å². The average molecular weight is 368 g/mol. The normalized spacial score (nSPS) is 11.7. The van der Waals surface area contributed by atoms with Gasteiger partial charge in [0.1, 0.15) is 0 Å². The van der Waals surface area contributed by atoms with Crippen molar-refractivity contribution in [3.05, 3.63) is 40.8 Å². The van der Waals surface area contributed by atoms with Crippen molar-refractivity contribution in [2.75, 3.05) is 13.2 Å². The molecule has 1 amide bonds. The van der Waals surface area contributed by atoms with Crippen LogP contribution in [0.15, 0.2) is 29.7 Å². The van der Waals surface area contributed by atoms with E-state index in [9.17, 15) is 18.0 Å². The molecule has 0 aliphatic heterocycles. The molecular weight excluding hydrogens is 344 g/mol. The number of carbonyl (C=O) groups is 2. The number of benzene rings is 1. The molecule has 25 heavy (non-hydrogen) atoms. The van der Waals surface area contributed by atoms with Crippen LogP contribution in [0, 0.1) is 6.92 Å². The summed E-state index contributed by atoms with van der Waals surface area (Å²) in [5, 5.41) is 3.62. The summed E-state index contributed by atoms with van der Waals surface area (Å²) in [6, 6.07) is 7.33. The quantitative estimate of drug-likeness (QED) is 0.641. The van der Waals surface area contributed by atoms with Gasteiger partial charge in [-0.05, 0) is 32.4 Å². The van der Waals surface area contributed by atoms with Crippen molar-refractivity contribution in [1.29, 1.82) is 0 Å². The summed E-state index contributed by atoms with van der Waals surface area (Å²) in [6.07, 6.45) is 1.31. The Kier molecular flexibility index (Phi) is 8.30. The Morgan fingerprint density at radius 2 is 1.84 bits per heavy atom. The van der Waals surface area contributed by atoms with E-state index in [4.69, 9.17) is 4.74 Å². The fraction of sp³-hybridized carbons (Fsp3) is 0.412. The van der Waals surface area contributed by atoms with Crippen molar-refractivity contribution in [2.24, 2.45) is 0 Å². The van der Waals surface area contributed by atoms with Gasteiger partial charge in [-0.15, -0.1) is 0 Å². The number of rotatable bonds is 9. The number of esters is 1. The lowest BCUT2D eigenvalue weighted by Gasteiger charge is -2.08. The van der Waals surface area contributed by atoms with Gasteiger partial charge in [-0.25, -0.2) is 13.1 Å². The van der Waals surface area contributed by atoms with Crippen molar-refractivity contribution in [2.45, 2.75) is 33.2 Å². The third-order valence-corrected chi connectivity index (χ3v) is 4.06. The predicted octanol–water partition coefficient (Wildman–Crippen LogP) is 1.34. The maximum absolute atomic E-state index is 11.8. The summed E-state index contributed by atoms with van der Waals surface area (Å²) in [6.45, 7) is 5.04. The van der Waals surface area contributed by atoms with Crippen molar-refractivity contribution in [1.82, 2.24) is 10.0 Å². The predicted molar refractivity (Wildman–Crippen MR) is 96.0 cm³/mol. The molecule has 0 atom stereocenters. The molecule has 0 bridgehead atoms. The zero-order valence-electron chi connectivity index (χ0n) is 14.6. The second kappa shape index (κ2) is 9.95. The minimum Gasteiger partial charge on any atom is -0.456 e. The highest BCUT2D eigenvalue weighted by molar-refractivity contribution is 7.92. The molecule has 2 N–H and O–H groups in total. The number of hydrogen-bond donors (Lipinski definition) is 2. The lowest BCUT2D eigenvalue weighted by molar-refractivity contribution is -0.148. The van der Waals surface area contributed by atoms with Gasteiger partial charge in [-0.2, -0.15) is 0 Å². The first-order valence-corrected chi connectivity index (χ1v) is 9.42. The number of nitrogens with one attached hydrogen (secondary N) is 2. The van der Waals surface area contributed by atoms with Gasteiger partial charge in [0.15, 0.2) is 6.61 Å². The molecule has 0 heterocycles. The first-order chi connectivity index (χ1) is 11.7. The molecule has 1 rings (SSSR count). The Morgan fingerprint density at radius 3 is 2.44 bits per heavy atom. The van der Waals surface area contributed by atoms with Crippen LogP contribution in [0.5, 0.6) is 0 Å². The molecular formula is C17H24N2O5S. The fourth-order valence-corrected chi connectivity index (χ4v) is 2.59. The highest BCUT2D eigenvalue weighted by atomic mass is 32.2.